The molecule has 0 heterocycles. The van der Waals surface area contributed by atoms with Gasteiger partial charge in [0.1, 0.15) is 0 Å². The van der Waals surface area contributed by atoms with E-state index in [0.717, 1.165) is 6.42 Å². The van der Waals surface area contributed by atoms with Crippen molar-refractivity contribution >= 4 is 13.3 Å². The summed E-state index contributed by atoms with van der Waals surface area (Å²) in [5, 5.41) is 1.52. The summed E-state index contributed by atoms with van der Waals surface area (Å²) < 4.78 is 0. The molecule has 112 valence electrons. The van der Waals surface area contributed by atoms with Gasteiger partial charge in [-0.3, -0.25) is 0 Å². The molecule has 0 saturated heterocycles. The number of hydrogen-bond donors (Lipinski definition) is 0. The SMILES string of the molecule is CCC(C)(C)c1ccc(-c2ccc([Si](C)(C)C)cc2)cc1. The molecule has 0 aliphatic heterocycles. The van der Waals surface area contributed by atoms with Crippen molar-refractivity contribution in [2.45, 2.75) is 52.2 Å². The maximum atomic E-state index is 2.39. The van der Waals surface area contributed by atoms with Crippen LogP contribution in [0.2, 0.25) is 19.6 Å². The van der Waals surface area contributed by atoms with Crippen molar-refractivity contribution in [3.05, 3.63) is 54.1 Å². The Balaban J connectivity index is 2.27. The van der Waals surface area contributed by atoms with Crippen molar-refractivity contribution in [3.63, 3.8) is 0 Å². The lowest BCUT2D eigenvalue weighted by molar-refractivity contribution is 0.506. The molecule has 0 bridgehead atoms. The normalized spacial score (nSPS) is 12.5. The van der Waals surface area contributed by atoms with Crippen LogP contribution in [0.15, 0.2) is 48.5 Å². The first-order valence-corrected chi connectivity index (χ1v) is 11.5. The molecule has 0 amide bonds. The van der Waals surface area contributed by atoms with Crippen LogP contribution in [0.1, 0.15) is 32.8 Å². The first kappa shape index (κ1) is 16.0. The van der Waals surface area contributed by atoms with E-state index in [1.807, 2.05) is 0 Å². The minimum atomic E-state index is -1.20. The van der Waals surface area contributed by atoms with E-state index in [1.165, 1.54) is 21.9 Å². The first-order valence-electron chi connectivity index (χ1n) is 7.95. The van der Waals surface area contributed by atoms with Crippen LogP contribution in [-0.2, 0) is 5.41 Å². The quantitative estimate of drug-likeness (QED) is 0.645. The van der Waals surface area contributed by atoms with E-state index in [9.17, 15) is 0 Å². The highest BCUT2D eigenvalue weighted by Crippen LogP contribution is 2.28. The molecule has 2 rings (SSSR count). The number of benzene rings is 2. The summed E-state index contributed by atoms with van der Waals surface area (Å²) in [6.07, 6.45) is 1.16. The van der Waals surface area contributed by atoms with Crippen molar-refractivity contribution in [1.82, 2.24) is 0 Å². The smallest absolute Gasteiger partial charge is 0.0656 e. The highest BCUT2D eigenvalue weighted by Gasteiger charge is 2.18. The van der Waals surface area contributed by atoms with Gasteiger partial charge in [-0.1, -0.05) is 94.1 Å². The Morgan fingerprint density at radius 3 is 1.57 bits per heavy atom. The largest absolute Gasteiger partial charge is 0.0775 e. The van der Waals surface area contributed by atoms with Crippen molar-refractivity contribution in [2.24, 2.45) is 0 Å². The zero-order chi connectivity index (χ0) is 15.7. The van der Waals surface area contributed by atoms with Gasteiger partial charge in [0.25, 0.3) is 0 Å². The minimum Gasteiger partial charge on any atom is -0.0656 e. The molecule has 0 aliphatic rings. The Bertz CT molecular complexity index is 583. The van der Waals surface area contributed by atoms with E-state index in [1.54, 1.807) is 0 Å². The molecule has 0 fully saturated rings. The van der Waals surface area contributed by atoms with E-state index in [2.05, 4.69) is 88.9 Å². The first-order chi connectivity index (χ1) is 9.74. The van der Waals surface area contributed by atoms with Crippen molar-refractivity contribution < 1.29 is 0 Å². The van der Waals surface area contributed by atoms with Gasteiger partial charge in [-0.2, -0.15) is 0 Å². The zero-order valence-corrected chi connectivity index (χ0v) is 15.3. The molecule has 2 aromatic carbocycles. The topological polar surface area (TPSA) is 0 Å². The summed E-state index contributed by atoms with van der Waals surface area (Å²) in [6, 6.07) is 18.3. The summed E-state index contributed by atoms with van der Waals surface area (Å²) in [5.74, 6) is 0. The molecule has 0 saturated carbocycles. The third-order valence-electron chi connectivity index (χ3n) is 4.63. The number of hydrogen-bond acceptors (Lipinski definition) is 0. The molecule has 0 radical (unpaired) electrons. The molecule has 1 heteroatoms. The molecular formula is C20H28Si. The van der Waals surface area contributed by atoms with E-state index in [4.69, 9.17) is 0 Å². The summed E-state index contributed by atoms with van der Waals surface area (Å²) in [5.41, 5.74) is 4.32. The average Bonchev–Trinajstić information content (AvgIpc) is 2.47. The molecule has 0 unspecified atom stereocenters. The molecule has 0 N–H and O–H groups in total. The van der Waals surface area contributed by atoms with Gasteiger partial charge >= 0.3 is 0 Å². The minimum absolute atomic E-state index is 0.264. The second-order valence-corrected chi connectivity index (χ2v) is 12.7. The lowest BCUT2D eigenvalue weighted by atomic mass is 9.82. The van der Waals surface area contributed by atoms with E-state index >= 15 is 0 Å². The van der Waals surface area contributed by atoms with Crippen LogP contribution >= 0.6 is 0 Å². The molecule has 0 spiro atoms. The van der Waals surface area contributed by atoms with Crippen LogP contribution < -0.4 is 5.19 Å². The van der Waals surface area contributed by atoms with E-state index in [-0.39, 0.29) is 5.41 Å². The molecule has 0 aliphatic carbocycles. The fraction of sp³-hybridized carbons (Fsp3) is 0.400. The van der Waals surface area contributed by atoms with Gasteiger partial charge in [0.05, 0.1) is 8.07 Å². The van der Waals surface area contributed by atoms with Crippen molar-refractivity contribution in [1.29, 1.82) is 0 Å². The summed E-state index contributed by atoms with van der Waals surface area (Å²) in [7, 11) is -1.20. The summed E-state index contributed by atoms with van der Waals surface area (Å²) in [6.45, 7) is 14.1. The lowest BCUT2D eigenvalue weighted by Gasteiger charge is -2.23. The lowest BCUT2D eigenvalue weighted by Crippen LogP contribution is -2.37. The molecule has 2 aromatic rings. The average molecular weight is 297 g/mol. The van der Waals surface area contributed by atoms with Crippen LogP contribution in [0.3, 0.4) is 0 Å². The third-order valence-corrected chi connectivity index (χ3v) is 6.70. The zero-order valence-electron chi connectivity index (χ0n) is 14.3. The molecule has 0 atom stereocenters. The van der Waals surface area contributed by atoms with Crippen LogP contribution in [0, 0.1) is 0 Å². The van der Waals surface area contributed by atoms with Crippen molar-refractivity contribution in [2.75, 3.05) is 0 Å². The van der Waals surface area contributed by atoms with Crippen LogP contribution in [0.25, 0.3) is 11.1 Å². The highest BCUT2D eigenvalue weighted by atomic mass is 28.3. The third kappa shape index (κ3) is 3.65. The highest BCUT2D eigenvalue weighted by molar-refractivity contribution is 6.88. The Kier molecular flexibility index (Phi) is 4.43. The monoisotopic (exact) mass is 296 g/mol. The number of rotatable bonds is 4. The molecular weight excluding hydrogens is 268 g/mol. The second-order valence-electron chi connectivity index (χ2n) is 7.64. The van der Waals surface area contributed by atoms with Crippen LogP contribution in [0.5, 0.6) is 0 Å². The Hall–Kier alpha value is -1.34. The van der Waals surface area contributed by atoms with Gasteiger partial charge in [-0.05, 0) is 28.5 Å². The van der Waals surface area contributed by atoms with Crippen LogP contribution in [0.4, 0.5) is 0 Å². The van der Waals surface area contributed by atoms with Gasteiger partial charge in [-0.25, -0.2) is 0 Å². The van der Waals surface area contributed by atoms with E-state index < -0.39 is 8.07 Å². The maximum absolute atomic E-state index is 2.39. The second kappa shape index (κ2) is 5.80. The van der Waals surface area contributed by atoms with Gasteiger partial charge in [0.15, 0.2) is 0 Å². The Morgan fingerprint density at radius 1 is 0.762 bits per heavy atom. The standard InChI is InChI=1S/C20H28Si/c1-7-20(2,3)18-12-8-16(9-13-18)17-10-14-19(15-11-17)21(4,5)6/h8-15H,7H2,1-6H3. The van der Waals surface area contributed by atoms with Crippen molar-refractivity contribution in [3.8, 4) is 11.1 Å². The molecule has 0 nitrogen and oxygen atoms in total. The fourth-order valence-corrected chi connectivity index (χ4v) is 3.65. The van der Waals surface area contributed by atoms with E-state index in [0.29, 0.717) is 0 Å². The molecule has 0 aromatic heterocycles. The van der Waals surface area contributed by atoms with Gasteiger partial charge in [0.2, 0.25) is 0 Å². The predicted molar refractivity (Wildman–Crippen MR) is 98.2 cm³/mol. The van der Waals surface area contributed by atoms with Gasteiger partial charge < -0.3 is 0 Å². The summed E-state index contributed by atoms with van der Waals surface area (Å²) >= 11 is 0. The maximum Gasteiger partial charge on any atom is 0.0775 e. The van der Waals surface area contributed by atoms with Gasteiger partial charge in [-0.15, -0.1) is 0 Å². The predicted octanol–water partition coefficient (Wildman–Crippen LogP) is 5.59. The fourth-order valence-electron chi connectivity index (χ4n) is 2.48. The summed E-state index contributed by atoms with van der Waals surface area (Å²) in [4.78, 5) is 0. The Morgan fingerprint density at radius 2 is 1.19 bits per heavy atom. The Labute approximate surface area is 131 Å². The van der Waals surface area contributed by atoms with Gasteiger partial charge in [0, 0.05) is 0 Å². The van der Waals surface area contributed by atoms with Crippen LogP contribution in [-0.4, -0.2) is 8.07 Å². The molecule has 21 heavy (non-hydrogen) atoms.